The maximum absolute atomic E-state index is 5.80. The third kappa shape index (κ3) is 4.32. The van der Waals surface area contributed by atoms with Crippen molar-refractivity contribution in [1.82, 2.24) is 5.32 Å². The summed E-state index contributed by atoms with van der Waals surface area (Å²) in [6.07, 6.45) is 1.10. The molecule has 0 aliphatic carbocycles. The molecule has 0 radical (unpaired) electrons. The van der Waals surface area contributed by atoms with E-state index < -0.39 is 0 Å². The second-order valence-electron chi connectivity index (χ2n) is 4.91. The largest absolute Gasteiger partial charge is 0.494 e. The first-order valence-corrected chi connectivity index (χ1v) is 8.26. The predicted octanol–water partition coefficient (Wildman–Crippen LogP) is 4.94. The van der Waals surface area contributed by atoms with Gasteiger partial charge in [-0.15, -0.1) is 0 Å². The normalized spacial score (nSPS) is 12.1. The first-order valence-electron chi connectivity index (χ1n) is 7.46. The van der Waals surface area contributed by atoms with Crippen molar-refractivity contribution in [2.45, 2.75) is 26.3 Å². The fraction of sp³-hybridized carbons (Fsp3) is 0.333. The van der Waals surface area contributed by atoms with Crippen molar-refractivity contribution in [3.63, 3.8) is 0 Å². The number of ether oxygens (including phenoxy) is 1. The molecule has 2 aromatic carbocycles. The Balaban J connectivity index is 2.40. The average molecular weight is 348 g/mol. The average Bonchev–Trinajstić information content (AvgIpc) is 2.49. The quantitative estimate of drug-likeness (QED) is 0.765. The molecule has 0 fully saturated rings. The molecule has 0 amide bonds. The second kappa shape index (κ2) is 8.20. The summed E-state index contributed by atoms with van der Waals surface area (Å²) >= 11 is 3.56. The lowest BCUT2D eigenvalue weighted by molar-refractivity contribution is 0.333. The molecule has 1 N–H and O–H groups in total. The Morgan fingerprint density at radius 1 is 1.10 bits per heavy atom. The SMILES string of the molecule is CCCNC(c1cccc(Br)c1)c1ccccc1OCC. The van der Waals surface area contributed by atoms with E-state index in [4.69, 9.17) is 4.74 Å². The van der Waals surface area contributed by atoms with Crippen LogP contribution in [0.4, 0.5) is 0 Å². The Labute approximate surface area is 135 Å². The highest BCUT2D eigenvalue weighted by molar-refractivity contribution is 9.10. The predicted molar refractivity (Wildman–Crippen MR) is 91.9 cm³/mol. The van der Waals surface area contributed by atoms with Gasteiger partial charge in [0.15, 0.2) is 0 Å². The monoisotopic (exact) mass is 347 g/mol. The van der Waals surface area contributed by atoms with Crippen LogP contribution in [0.5, 0.6) is 5.75 Å². The highest BCUT2D eigenvalue weighted by atomic mass is 79.9. The Bertz CT molecular complexity index is 571. The van der Waals surface area contributed by atoms with Gasteiger partial charge in [0.2, 0.25) is 0 Å². The number of hydrogen-bond donors (Lipinski definition) is 1. The topological polar surface area (TPSA) is 21.3 Å². The van der Waals surface area contributed by atoms with Crippen LogP contribution in [0.2, 0.25) is 0 Å². The molecule has 3 heteroatoms. The molecule has 0 saturated heterocycles. The minimum Gasteiger partial charge on any atom is -0.494 e. The minimum absolute atomic E-state index is 0.144. The minimum atomic E-state index is 0.144. The van der Waals surface area contributed by atoms with E-state index in [1.54, 1.807) is 0 Å². The molecule has 1 unspecified atom stereocenters. The summed E-state index contributed by atoms with van der Waals surface area (Å²) in [5, 5.41) is 3.63. The second-order valence-corrected chi connectivity index (χ2v) is 5.83. The van der Waals surface area contributed by atoms with Crippen molar-refractivity contribution < 1.29 is 4.74 Å². The Hall–Kier alpha value is -1.32. The van der Waals surface area contributed by atoms with E-state index in [-0.39, 0.29) is 6.04 Å². The van der Waals surface area contributed by atoms with Gasteiger partial charge in [0.1, 0.15) is 5.75 Å². The van der Waals surface area contributed by atoms with Crippen LogP contribution in [0.1, 0.15) is 37.4 Å². The molecule has 0 aliphatic heterocycles. The van der Waals surface area contributed by atoms with E-state index in [2.05, 4.69) is 64.6 Å². The van der Waals surface area contributed by atoms with Gasteiger partial charge >= 0.3 is 0 Å². The summed E-state index contributed by atoms with van der Waals surface area (Å²) in [7, 11) is 0. The standard InChI is InChI=1S/C18H22BrNO/c1-3-12-20-18(14-8-7-9-15(19)13-14)16-10-5-6-11-17(16)21-4-2/h5-11,13,18,20H,3-4,12H2,1-2H3. The lowest BCUT2D eigenvalue weighted by Crippen LogP contribution is -2.23. The van der Waals surface area contributed by atoms with Crippen LogP contribution in [-0.4, -0.2) is 13.2 Å². The van der Waals surface area contributed by atoms with E-state index in [0.29, 0.717) is 6.61 Å². The number of nitrogens with one attached hydrogen (secondary N) is 1. The lowest BCUT2D eigenvalue weighted by atomic mass is 9.97. The summed E-state index contributed by atoms with van der Waals surface area (Å²) in [5.74, 6) is 0.952. The molecule has 2 aromatic rings. The molecule has 0 bridgehead atoms. The van der Waals surface area contributed by atoms with E-state index in [1.165, 1.54) is 11.1 Å². The van der Waals surface area contributed by atoms with Crippen LogP contribution < -0.4 is 10.1 Å². The molecule has 0 spiro atoms. The Kier molecular flexibility index (Phi) is 6.27. The van der Waals surface area contributed by atoms with E-state index in [1.807, 2.05) is 19.1 Å². The van der Waals surface area contributed by atoms with E-state index in [9.17, 15) is 0 Å². The Morgan fingerprint density at radius 2 is 1.90 bits per heavy atom. The van der Waals surface area contributed by atoms with Crippen molar-refractivity contribution in [2.75, 3.05) is 13.2 Å². The van der Waals surface area contributed by atoms with Gasteiger partial charge in [0.05, 0.1) is 12.6 Å². The molecule has 21 heavy (non-hydrogen) atoms. The number of benzene rings is 2. The van der Waals surface area contributed by atoms with Crippen LogP contribution in [0.3, 0.4) is 0 Å². The van der Waals surface area contributed by atoms with Gasteiger partial charge in [-0.3, -0.25) is 0 Å². The van der Waals surface area contributed by atoms with Gasteiger partial charge < -0.3 is 10.1 Å². The molecule has 0 heterocycles. The highest BCUT2D eigenvalue weighted by Gasteiger charge is 2.17. The van der Waals surface area contributed by atoms with Crippen molar-refractivity contribution in [3.8, 4) is 5.75 Å². The molecular formula is C18H22BrNO. The lowest BCUT2D eigenvalue weighted by Gasteiger charge is -2.22. The fourth-order valence-corrected chi connectivity index (χ4v) is 2.81. The molecule has 0 aromatic heterocycles. The number of halogens is 1. The van der Waals surface area contributed by atoms with E-state index in [0.717, 1.165) is 23.2 Å². The van der Waals surface area contributed by atoms with Crippen LogP contribution in [-0.2, 0) is 0 Å². The zero-order chi connectivity index (χ0) is 15.1. The third-order valence-electron chi connectivity index (χ3n) is 3.31. The number of para-hydroxylation sites is 1. The maximum Gasteiger partial charge on any atom is 0.124 e. The zero-order valence-electron chi connectivity index (χ0n) is 12.6. The number of hydrogen-bond acceptors (Lipinski definition) is 2. The maximum atomic E-state index is 5.80. The molecule has 1 atom stereocenters. The fourth-order valence-electron chi connectivity index (χ4n) is 2.39. The first kappa shape index (κ1) is 16.1. The van der Waals surface area contributed by atoms with E-state index >= 15 is 0 Å². The molecule has 0 aliphatic rings. The Morgan fingerprint density at radius 3 is 2.62 bits per heavy atom. The van der Waals surface area contributed by atoms with Crippen LogP contribution in [0.15, 0.2) is 53.0 Å². The van der Waals surface area contributed by atoms with Gasteiger partial charge in [-0.2, -0.15) is 0 Å². The summed E-state index contributed by atoms with van der Waals surface area (Å²) in [4.78, 5) is 0. The van der Waals surface area contributed by atoms with Gasteiger partial charge in [-0.1, -0.05) is 53.2 Å². The highest BCUT2D eigenvalue weighted by Crippen LogP contribution is 2.31. The smallest absolute Gasteiger partial charge is 0.124 e. The van der Waals surface area contributed by atoms with Crippen molar-refractivity contribution >= 4 is 15.9 Å². The number of rotatable bonds is 7. The van der Waals surface area contributed by atoms with Gasteiger partial charge in [0, 0.05) is 10.0 Å². The zero-order valence-corrected chi connectivity index (χ0v) is 14.2. The van der Waals surface area contributed by atoms with Gasteiger partial charge in [-0.05, 0) is 43.7 Å². The molecule has 2 nitrogen and oxygen atoms in total. The first-order chi connectivity index (χ1) is 10.3. The summed E-state index contributed by atoms with van der Waals surface area (Å²) in [6.45, 7) is 5.84. The summed E-state index contributed by atoms with van der Waals surface area (Å²) in [5.41, 5.74) is 2.43. The molecule has 112 valence electrons. The summed E-state index contributed by atoms with van der Waals surface area (Å²) in [6, 6.07) is 16.8. The van der Waals surface area contributed by atoms with Crippen molar-refractivity contribution in [3.05, 3.63) is 64.1 Å². The van der Waals surface area contributed by atoms with Crippen molar-refractivity contribution in [2.24, 2.45) is 0 Å². The van der Waals surface area contributed by atoms with Crippen molar-refractivity contribution in [1.29, 1.82) is 0 Å². The van der Waals surface area contributed by atoms with Gasteiger partial charge in [-0.25, -0.2) is 0 Å². The molecule has 0 saturated carbocycles. The molecular weight excluding hydrogens is 326 g/mol. The van der Waals surface area contributed by atoms with Crippen LogP contribution >= 0.6 is 15.9 Å². The van der Waals surface area contributed by atoms with Gasteiger partial charge in [0.25, 0.3) is 0 Å². The van der Waals surface area contributed by atoms with Crippen LogP contribution in [0.25, 0.3) is 0 Å². The summed E-state index contributed by atoms with van der Waals surface area (Å²) < 4.78 is 6.89. The third-order valence-corrected chi connectivity index (χ3v) is 3.80. The van der Waals surface area contributed by atoms with Crippen LogP contribution in [0, 0.1) is 0 Å². The molecule has 2 rings (SSSR count).